The summed E-state index contributed by atoms with van der Waals surface area (Å²) >= 11 is 0. The van der Waals surface area contributed by atoms with Crippen LogP contribution in [0.5, 0.6) is 0 Å². The smallest absolute Gasteiger partial charge is 0.201 e. The van der Waals surface area contributed by atoms with Gasteiger partial charge in [0, 0.05) is 12.6 Å². The molecule has 1 aromatic carbocycles. The van der Waals surface area contributed by atoms with Gasteiger partial charge in [-0.1, -0.05) is 6.42 Å². The van der Waals surface area contributed by atoms with Gasteiger partial charge in [-0.2, -0.15) is 0 Å². The quantitative estimate of drug-likeness (QED) is 0.781. The first-order chi connectivity index (χ1) is 8.81. The van der Waals surface area contributed by atoms with Crippen LogP contribution in [-0.4, -0.2) is 29.1 Å². The van der Waals surface area contributed by atoms with Crippen LogP contribution in [0.25, 0.3) is 11.0 Å². The summed E-state index contributed by atoms with van der Waals surface area (Å²) in [6, 6.07) is 5.08. The van der Waals surface area contributed by atoms with Gasteiger partial charge in [0.1, 0.15) is 5.82 Å². The minimum Gasteiger partial charge on any atom is -0.354 e. The Morgan fingerprint density at radius 2 is 2.33 bits per heavy atom. The molecule has 0 aliphatic carbocycles. The number of aromatic amines is 1. The third-order valence-corrected chi connectivity index (χ3v) is 3.37. The molecule has 1 aliphatic heterocycles. The second-order valence-electron chi connectivity index (χ2n) is 4.77. The SMILES string of the molecule is Fc1ccc2nc(NCC3CCCCN3)[nH]c2c1. The first-order valence-corrected chi connectivity index (χ1v) is 6.44. The largest absolute Gasteiger partial charge is 0.354 e. The van der Waals surface area contributed by atoms with Crippen molar-refractivity contribution in [3.8, 4) is 0 Å². The molecule has 4 nitrogen and oxygen atoms in total. The fourth-order valence-corrected chi connectivity index (χ4v) is 2.38. The maximum atomic E-state index is 13.0. The molecule has 1 unspecified atom stereocenters. The van der Waals surface area contributed by atoms with Crippen molar-refractivity contribution in [2.45, 2.75) is 25.3 Å². The molecular formula is C13H17FN4. The Hall–Kier alpha value is -1.62. The van der Waals surface area contributed by atoms with Crippen molar-refractivity contribution >= 4 is 17.0 Å². The van der Waals surface area contributed by atoms with E-state index in [0.29, 0.717) is 12.0 Å². The van der Waals surface area contributed by atoms with Gasteiger partial charge in [-0.3, -0.25) is 0 Å². The van der Waals surface area contributed by atoms with Gasteiger partial charge in [0.2, 0.25) is 5.95 Å². The number of benzene rings is 1. The molecule has 1 fully saturated rings. The summed E-state index contributed by atoms with van der Waals surface area (Å²) in [4.78, 5) is 7.46. The molecule has 1 aliphatic rings. The Bertz CT molecular complexity index is 531. The molecular weight excluding hydrogens is 231 g/mol. The van der Waals surface area contributed by atoms with Crippen LogP contribution >= 0.6 is 0 Å². The monoisotopic (exact) mass is 248 g/mol. The molecule has 2 heterocycles. The van der Waals surface area contributed by atoms with Gasteiger partial charge in [0.15, 0.2) is 0 Å². The molecule has 0 radical (unpaired) electrons. The first-order valence-electron chi connectivity index (χ1n) is 6.44. The molecule has 0 spiro atoms. The van der Waals surface area contributed by atoms with Gasteiger partial charge in [-0.25, -0.2) is 9.37 Å². The maximum Gasteiger partial charge on any atom is 0.201 e. The summed E-state index contributed by atoms with van der Waals surface area (Å²) in [7, 11) is 0. The van der Waals surface area contributed by atoms with Crippen molar-refractivity contribution in [2.75, 3.05) is 18.4 Å². The highest BCUT2D eigenvalue weighted by atomic mass is 19.1. The van der Waals surface area contributed by atoms with Crippen molar-refractivity contribution in [2.24, 2.45) is 0 Å². The average Bonchev–Trinajstić information content (AvgIpc) is 2.79. The lowest BCUT2D eigenvalue weighted by molar-refractivity contribution is 0.414. The fraction of sp³-hybridized carbons (Fsp3) is 0.462. The minimum absolute atomic E-state index is 0.244. The van der Waals surface area contributed by atoms with Crippen LogP contribution in [0, 0.1) is 5.82 Å². The summed E-state index contributed by atoms with van der Waals surface area (Å²) in [6.07, 6.45) is 3.74. The van der Waals surface area contributed by atoms with E-state index in [2.05, 4.69) is 20.6 Å². The summed E-state index contributed by atoms with van der Waals surface area (Å²) in [5.41, 5.74) is 1.52. The zero-order chi connectivity index (χ0) is 12.4. The van der Waals surface area contributed by atoms with Crippen molar-refractivity contribution in [3.05, 3.63) is 24.0 Å². The Balaban J connectivity index is 1.67. The Morgan fingerprint density at radius 3 is 3.17 bits per heavy atom. The summed E-state index contributed by atoms with van der Waals surface area (Å²) < 4.78 is 13.0. The number of rotatable bonds is 3. The number of piperidine rings is 1. The highest BCUT2D eigenvalue weighted by Crippen LogP contribution is 2.15. The number of hydrogen-bond acceptors (Lipinski definition) is 3. The van der Waals surface area contributed by atoms with E-state index in [1.807, 2.05) is 0 Å². The number of anilines is 1. The van der Waals surface area contributed by atoms with Crippen LogP contribution in [-0.2, 0) is 0 Å². The Labute approximate surface area is 105 Å². The van der Waals surface area contributed by atoms with E-state index in [1.165, 1.54) is 31.4 Å². The molecule has 1 aromatic heterocycles. The zero-order valence-corrected chi connectivity index (χ0v) is 10.2. The summed E-state index contributed by atoms with van der Waals surface area (Å²) in [5.74, 6) is 0.467. The Morgan fingerprint density at radius 1 is 1.39 bits per heavy atom. The molecule has 3 rings (SSSR count). The van der Waals surface area contributed by atoms with Crippen LogP contribution in [0.3, 0.4) is 0 Å². The van der Waals surface area contributed by atoms with Crippen LogP contribution < -0.4 is 10.6 Å². The maximum absolute atomic E-state index is 13.0. The Kier molecular flexibility index (Phi) is 3.15. The number of H-pyrrole nitrogens is 1. The molecule has 1 saturated heterocycles. The van der Waals surface area contributed by atoms with E-state index in [0.717, 1.165) is 24.1 Å². The van der Waals surface area contributed by atoms with E-state index in [1.54, 1.807) is 6.07 Å². The standard InChI is InChI=1S/C13H17FN4/c14-9-4-5-11-12(7-9)18-13(17-11)16-8-10-3-1-2-6-15-10/h4-5,7,10,15H,1-3,6,8H2,(H2,16,17,18). The van der Waals surface area contributed by atoms with Gasteiger partial charge in [0.25, 0.3) is 0 Å². The highest BCUT2D eigenvalue weighted by molar-refractivity contribution is 5.77. The minimum atomic E-state index is -0.244. The van der Waals surface area contributed by atoms with Crippen LogP contribution in [0.2, 0.25) is 0 Å². The molecule has 5 heteroatoms. The van der Waals surface area contributed by atoms with Gasteiger partial charge < -0.3 is 15.6 Å². The molecule has 96 valence electrons. The van der Waals surface area contributed by atoms with Crippen LogP contribution in [0.15, 0.2) is 18.2 Å². The van der Waals surface area contributed by atoms with Gasteiger partial charge in [0.05, 0.1) is 11.0 Å². The lowest BCUT2D eigenvalue weighted by Gasteiger charge is -2.23. The van der Waals surface area contributed by atoms with Gasteiger partial charge in [-0.05, 0) is 37.6 Å². The third kappa shape index (κ3) is 2.46. The van der Waals surface area contributed by atoms with E-state index < -0.39 is 0 Å². The highest BCUT2D eigenvalue weighted by Gasteiger charge is 2.12. The fourth-order valence-electron chi connectivity index (χ4n) is 2.38. The van der Waals surface area contributed by atoms with Crippen molar-refractivity contribution < 1.29 is 4.39 Å². The number of fused-ring (bicyclic) bond motifs is 1. The third-order valence-electron chi connectivity index (χ3n) is 3.37. The van der Waals surface area contributed by atoms with Crippen LogP contribution in [0.4, 0.5) is 10.3 Å². The lowest BCUT2D eigenvalue weighted by Crippen LogP contribution is -2.39. The zero-order valence-electron chi connectivity index (χ0n) is 10.2. The molecule has 0 saturated carbocycles. The molecule has 18 heavy (non-hydrogen) atoms. The normalized spacial score (nSPS) is 20.2. The summed E-state index contributed by atoms with van der Waals surface area (Å²) in [6.45, 7) is 1.94. The number of nitrogens with zero attached hydrogens (tertiary/aromatic N) is 1. The van der Waals surface area contributed by atoms with E-state index in [9.17, 15) is 4.39 Å². The average molecular weight is 248 g/mol. The van der Waals surface area contributed by atoms with E-state index >= 15 is 0 Å². The van der Waals surface area contributed by atoms with Crippen molar-refractivity contribution in [3.63, 3.8) is 0 Å². The van der Waals surface area contributed by atoms with Crippen molar-refractivity contribution in [1.29, 1.82) is 0 Å². The second-order valence-corrected chi connectivity index (χ2v) is 4.77. The first kappa shape index (κ1) is 11.5. The lowest BCUT2D eigenvalue weighted by atomic mass is 10.1. The summed E-state index contributed by atoms with van der Waals surface area (Å²) in [5, 5.41) is 6.74. The number of imidazole rings is 1. The number of halogens is 1. The van der Waals surface area contributed by atoms with Crippen LogP contribution in [0.1, 0.15) is 19.3 Å². The van der Waals surface area contributed by atoms with Gasteiger partial charge >= 0.3 is 0 Å². The second kappa shape index (κ2) is 4.94. The molecule has 2 aromatic rings. The molecule has 0 amide bonds. The number of aromatic nitrogens is 2. The predicted octanol–water partition coefficient (Wildman–Crippen LogP) is 2.26. The number of hydrogen-bond donors (Lipinski definition) is 3. The van der Waals surface area contributed by atoms with Crippen molar-refractivity contribution in [1.82, 2.24) is 15.3 Å². The number of nitrogens with one attached hydrogen (secondary N) is 3. The van der Waals surface area contributed by atoms with E-state index in [-0.39, 0.29) is 5.82 Å². The molecule has 3 N–H and O–H groups in total. The van der Waals surface area contributed by atoms with E-state index in [4.69, 9.17) is 0 Å². The van der Waals surface area contributed by atoms with Gasteiger partial charge in [-0.15, -0.1) is 0 Å². The topological polar surface area (TPSA) is 52.7 Å². The molecule has 1 atom stereocenters. The molecule has 0 bridgehead atoms. The predicted molar refractivity (Wildman–Crippen MR) is 70.2 cm³/mol.